The summed E-state index contributed by atoms with van der Waals surface area (Å²) in [4.78, 5) is 24.7. The van der Waals surface area contributed by atoms with Gasteiger partial charge >= 0.3 is 0 Å². The van der Waals surface area contributed by atoms with Crippen molar-refractivity contribution in [3.63, 3.8) is 0 Å². The fraction of sp³-hybridized carbons (Fsp3) is 0.261. The predicted octanol–water partition coefficient (Wildman–Crippen LogP) is 3.46. The molecule has 0 saturated heterocycles. The van der Waals surface area contributed by atoms with Crippen LogP contribution in [-0.4, -0.2) is 24.1 Å². The smallest absolute Gasteiger partial charge is 0.267 e. The maximum Gasteiger partial charge on any atom is 0.267 e. The van der Waals surface area contributed by atoms with Crippen LogP contribution in [0.3, 0.4) is 0 Å². The molecule has 1 heterocycles. The molecule has 0 aliphatic carbocycles. The van der Waals surface area contributed by atoms with Crippen LogP contribution in [-0.2, 0) is 21.2 Å². The van der Waals surface area contributed by atoms with Gasteiger partial charge in [-0.15, -0.1) is 0 Å². The van der Waals surface area contributed by atoms with Gasteiger partial charge in [0.1, 0.15) is 6.54 Å². The zero-order chi connectivity index (χ0) is 22.8. The number of rotatable bonds is 6. The second-order valence-electron chi connectivity index (χ2n) is 7.76. The van der Waals surface area contributed by atoms with E-state index in [-0.39, 0.29) is 15.8 Å². The Hall–Kier alpha value is -3.26. The van der Waals surface area contributed by atoms with Crippen molar-refractivity contribution in [1.29, 1.82) is 0 Å². The van der Waals surface area contributed by atoms with Crippen LogP contribution in [0.25, 0.3) is 0 Å². The molecule has 7 nitrogen and oxygen atoms in total. The molecule has 0 aliphatic rings. The number of sulfone groups is 1. The Morgan fingerprint density at radius 1 is 1.03 bits per heavy atom. The van der Waals surface area contributed by atoms with Crippen molar-refractivity contribution in [2.24, 2.45) is 0 Å². The molecule has 2 aromatic carbocycles. The van der Waals surface area contributed by atoms with E-state index in [1.807, 2.05) is 39.8 Å². The molecule has 0 spiro atoms. The highest BCUT2D eigenvalue weighted by Crippen LogP contribution is 2.21. The third-order valence-corrected chi connectivity index (χ3v) is 6.59. The quantitative estimate of drug-likeness (QED) is 0.634. The average molecular weight is 440 g/mol. The van der Waals surface area contributed by atoms with Gasteiger partial charge < -0.3 is 5.32 Å². The van der Waals surface area contributed by atoms with Crippen molar-refractivity contribution in [3.05, 3.63) is 81.6 Å². The lowest BCUT2D eigenvalue weighted by Gasteiger charge is -2.11. The van der Waals surface area contributed by atoms with Crippen LogP contribution in [0.15, 0.2) is 69.3 Å². The van der Waals surface area contributed by atoms with E-state index in [9.17, 15) is 18.0 Å². The molecule has 0 atom stereocenters. The van der Waals surface area contributed by atoms with Gasteiger partial charge in [0.05, 0.1) is 4.90 Å². The van der Waals surface area contributed by atoms with Gasteiger partial charge in [-0.05, 0) is 55.2 Å². The Balaban J connectivity index is 1.85. The highest BCUT2D eigenvalue weighted by molar-refractivity contribution is 7.91. The summed E-state index contributed by atoms with van der Waals surface area (Å²) >= 11 is 0. The molecule has 1 aromatic heterocycles. The van der Waals surface area contributed by atoms with E-state index in [2.05, 4.69) is 10.4 Å². The minimum absolute atomic E-state index is 0.0781. The number of anilines is 1. The lowest BCUT2D eigenvalue weighted by Crippen LogP contribution is -2.30. The van der Waals surface area contributed by atoms with Crippen LogP contribution in [0.2, 0.25) is 0 Å². The molecule has 0 fully saturated rings. The molecule has 1 amide bonds. The number of nitrogens with one attached hydrogen (secondary N) is 1. The molecular weight excluding hydrogens is 414 g/mol. The highest BCUT2D eigenvalue weighted by Gasteiger charge is 2.21. The van der Waals surface area contributed by atoms with Crippen molar-refractivity contribution in [2.75, 3.05) is 5.32 Å². The SMILES string of the molecule is Cc1ccc(NC(=O)Cn2nc(S(=O)(=O)c3ccc(C(C)C)cc3)ccc2=O)c(C)c1. The van der Waals surface area contributed by atoms with Crippen LogP contribution >= 0.6 is 0 Å². The molecule has 0 bridgehead atoms. The van der Waals surface area contributed by atoms with Crippen molar-refractivity contribution >= 4 is 21.4 Å². The summed E-state index contributed by atoms with van der Waals surface area (Å²) in [6.07, 6.45) is 0. The van der Waals surface area contributed by atoms with Crippen molar-refractivity contribution in [1.82, 2.24) is 9.78 Å². The van der Waals surface area contributed by atoms with E-state index < -0.39 is 27.8 Å². The van der Waals surface area contributed by atoms with Crippen LogP contribution in [0.1, 0.15) is 36.5 Å². The standard InChI is InChI=1S/C23H25N3O4S/c1-15(2)18-6-8-19(9-7-18)31(29,30)22-11-12-23(28)26(25-22)14-21(27)24-20-10-5-16(3)13-17(20)4/h5-13,15H,14H2,1-4H3,(H,24,27). The predicted molar refractivity (Wildman–Crippen MR) is 119 cm³/mol. The molecule has 1 N–H and O–H groups in total. The number of aromatic nitrogens is 2. The molecule has 0 aliphatic heterocycles. The summed E-state index contributed by atoms with van der Waals surface area (Å²) in [6, 6.07) is 14.4. The number of carbonyl (C=O) groups is 1. The van der Waals surface area contributed by atoms with Crippen molar-refractivity contribution in [3.8, 4) is 0 Å². The Bertz CT molecular complexity index is 1280. The largest absolute Gasteiger partial charge is 0.324 e. The first-order valence-corrected chi connectivity index (χ1v) is 11.4. The molecule has 0 unspecified atom stereocenters. The van der Waals surface area contributed by atoms with Gasteiger partial charge in [-0.1, -0.05) is 43.7 Å². The van der Waals surface area contributed by atoms with Gasteiger partial charge in [0.25, 0.3) is 5.56 Å². The molecule has 0 saturated carbocycles. The van der Waals surface area contributed by atoms with E-state index in [0.717, 1.165) is 33.5 Å². The van der Waals surface area contributed by atoms with Crippen LogP contribution < -0.4 is 10.9 Å². The second kappa shape index (κ2) is 8.85. The minimum atomic E-state index is -3.93. The molecule has 162 valence electrons. The number of carbonyl (C=O) groups excluding carboxylic acids is 1. The van der Waals surface area contributed by atoms with Gasteiger partial charge in [0.2, 0.25) is 15.7 Å². The first-order chi connectivity index (χ1) is 14.6. The summed E-state index contributed by atoms with van der Waals surface area (Å²) in [5, 5.41) is 6.39. The maximum atomic E-state index is 13.0. The summed E-state index contributed by atoms with van der Waals surface area (Å²) in [6.45, 7) is 7.45. The second-order valence-corrected chi connectivity index (χ2v) is 9.66. The van der Waals surface area contributed by atoms with E-state index in [0.29, 0.717) is 5.69 Å². The molecule has 31 heavy (non-hydrogen) atoms. The van der Waals surface area contributed by atoms with Gasteiger partial charge in [-0.25, -0.2) is 13.1 Å². The van der Waals surface area contributed by atoms with Gasteiger partial charge in [-0.3, -0.25) is 9.59 Å². The van der Waals surface area contributed by atoms with E-state index in [1.54, 1.807) is 18.2 Å². The number of nitrogens with zero attached hydrogens (tertiary/aromatic N) is 2. The lowest BCUT2D eigenvalue weighted by molar-refractivity contribution is -0.117. The topological polar surface area (TPSA) is 98.1 Å². The van der Waals surface area contributed by atoms with Crippen LogP contribution in [0.4, 0.5) is 5.69 Å². The highest BCUT2D eigenvalue weighted by atomic mass is 32.2. The monoisotopic (exact) mass is 439 g/mol. The number of aryl methyl sites for hydroxylation is 2. The number of amides is 1. The number of hydrogen-bond acceptors (Lipinski definition) is 5. The van der Waals surface area contributed by atoms with E-state index >= 15 is 0 Å². The molecule has 8 heteroatoms. The zero-order valence-corrected chi connectivity index (χ0v) is 18.7. The maximum absolute atomic E-state index is 13.0. The third kappa shape index (κ3) is 5.08. The summed E-state index contributed by atoms with van der Waals surface area (Å²) < 4.78 is 26.8. The molecule has 3 aromatic rings. The Morgan fingerprint density at radius 2 is 1.71 bits per heavy atom. The Morgan fingerprint density at radius 3 is 2.32 bits per heavy atom. The first kappa shape index (κ1) is 22.4. The van der Waals surface area contributed by atoms with Gasteiger partial charge in [0, 0.05) is 11.8 Å². The Kier molecular flexibility index (Phi) is 6.40. The van der Waals surface area contributed by atoms with Gasteiger partial charge in [0.15, 0.2) is 5.03 Å². The fourth-order valence-electron chi connectivity index (χ4n) is 3.12. The molecule has 0 radical (unpaired) electrons. The van der Waals surface area contributed by atoms with Gasteiger partial charge in [-0.2, -0.15) is 5.10 Å². The fourth-order valence-corrected chi connectivity index (χ4v) is 4.31. The number of hydrogen-bond donors (Lipinski definition) is 1. The van der Waals surface area contributed by atoms with Crippen molar-refractivity contribution < 1.29 is 13.2 Å². The summed E-state index contributed by atoms with van der Waals surface area (Å²) in [5.41, 5.74) is 3.02. The summed E-state index contributed by atoms with van der Waals surface area (Å²) in [5.74, 6) is -0.204. The average Bonchev–Trinajstić information content (AvgIpc) is 2.71. The molecular formula is C23H25N3O4S. The third-order valence-electron chi connectivity index (χ3n) is 4.92. The normalized spacial score (nSPS) is 11.5. The lowest BCUT2D eigenvalue weighted by atomic mass is 10.0. The Labute approximate surface area is 181 Å². The molecule has 3 rings (SSSR count). The van der Waals surface area contributed by atoms with Crippen LogP contribution in [0.5, 0.6) is 0 Å². The first-order valence-electron chi connectivity index (χ1n) is 9.88. The van der Waals surface area contributed by atoms with E-state index in [1.165, 1.54) is 12.1 Å². The van der Waals surface area contributed by atoms with E-state index in [4.69, 9.17) is 0 Å². The number of benzene rings is 2. The van der Waals surface area contributed by atoms with Crippen LogP contribution in [0, 0.1) is 13.8 Å². The van der Waals surface area contributed by atoms with Crippen molar-refractivity contribution in [2.45, 2.75) is 50.1 Å². The summed E-state index contributed by atoms with van der Waals surface area (Å²) in [7, 11) is -3.93. The zero-order valence-electron chi connectivity index (χ0n) is 17.9. The minimum Gasteiger partial charge on any atom is -0.324 e.